The lowest BCUT2D eigenvalue weighted by Crippen LogP contribution is -2.37. The van der Waals surface area contributed by atoms with Crippen molar-refractivity contribution in [3.05, 3.63) is 72.0 Å². The summed E-state index contributed by atoms with van der Waals surface area (Å²) in [4.78, 5) is 13.5. The number of hydrogen-bond acceptors (Lipinski definition) is 5. The second-order valence-corrected chi connectivity index (χ2v) is 6.77. The van der Waals surface area contributed by atoms with E-state index >= 15 is 0 Å². The average molecular weight is 418 g/mol. The van der Waals surface area contributed by atoms with E-state index in [-0.39, 0.29) is 0 Å². The minimum Gasteiger partial charge on any atom is -0.404 e. The van der Waals surface area contributed by atoms with Gasteiger partial charge < -0.3 is 14.6 Å². The fourth-order valence-electron chi connectivity index (χ4n) is 3.69. The van der Waals surface area contributed by atoms with Crippen molar-refractivity contribution in [1.29, 1.82) is 0 Å². The van der Waals surface area contributed by atoms with Gasteiger partial charge in [0.15, 0.2) is 0 Å². The molecule has 154 valence electrons. The predicted molar refractivity (Wildman–Crippen MR) is 97.6 cm³/mol. The van der Waals surface area contributed by atoms with Crippen LogP contribution >= 0.6 is 0 Å². The fourth-order valence-corrected chi connectivity index (χ4v) is 3.69. The zero-order valence-electron chi connectivity index (χ0n) is 15.3. The highest BCUT2D eigenvalue weighted by Gasteiger charge is 2.35. The first kappa shape index (κ1) is 18.4. The van der Waals surface area contributed by atoms with Crippen LogP contribution in [-0.4, -0.2) is 37.5 Å². The Morgan fingerprint density at radius 3 is 2.77 bits per heavy atom. The Hall–Kier alpha value is -3.63. The number of hydrogen-bond donors (Lipinski definition) is 1. The number of H-pyrrole nitrogens is 1. The SMILES string of the molecule is Fc1cccn2nc([C@@H]3c4nc[nH]c4CCN3c3ccc(OC(F)(F)F)cn3)cc12. The summed E-state index contributed by atoms with van der Waals surface area (Å²) in [6.07, 6.45) is 0.0774. The van der Waals surface area contributed by atoms with Crippen molar-refractivity contribution in [3.63, 3.8) is 0 Å². The molecular weight excluding hydrogens is 404 g/mol. The van der Waals surface area contributed by atoms with Crippen molar-refractivity contribution in [2.24, 2.45) is 0 Å². The Labute approximate surface area is 166 Å². The number of nitrogens with zero attached hydrogens (tertiary/aromatic N) is 5. The number of alkyl halides is 3. The number of rotatable bonds is 3. The lowest BCUT2D eigenvalue weighted by molar-refractivity contribution is -0.274. The average Bonchev–Trinajstić information content (AvgIpc) is 3.34. The van der Waals surface area contributed by atoms with E-state index in [9.17, 15) is 17.6 Å². The van der Waals surface area contributed by atoms with E-state index < -0.39 is 24.0 Å². The summed E-state index contributed by atoms with van der Waals surface area (Å²) in [7, 11) is 0. The first-order valence-electron chi connectivity index (χ1n) is 9.03. The minimum atomic E-state index is -4.79. The van der Waals surface area contributed by atoms with E-state index in [2.05, 4.69) is 24.8 Å². The molecule has 30 heavy (non-hydrogen) atoms. The molecule has 4 aromatic heterocycles. The second-order valence-electron chi connectivity index (χ2n) is 6.77. The van der Waals surface area contributed by atoms with Gasteiger partial charge in [-0.3, -0.25) is 0 Å². The van der Waals surface area contributed by atoms with Crippen molar-refractivity contribution in [2.45, 2.75) is 18.8 Å². The molecule has 5 heterocycles. The zero-order chi connectivity index (χ0) is 20.9. The summed E-state index contributed by atoms with van der Waals surface area (Å²) >= 11 is 0. The van der Waals surface area contributed by atoms with Gasteiger partial charge in [-0.25, -0.2) is 18.9 Å². The smallest absolute Gasteiger partial charge is 0.404 e. The summed E-state index contributed by atoms with van der Waals surface area (Å²) in [6, 6.07) is 6.70. The Bertz CT molecular complexity index is 1200. The lowest BCUT2D eigenvalue weighted by Gasteiger charge is -2.34. The molecular formula is C19H14F4N6O. The third kappa shape index (κ3) is 3.21. The van der Waals surface area contributed by atoms with E-state index in [1.807, 2.05) is 4.90 Å². The summed E-state index contributed by atoms with van der Waals surface area (Å²) in [5, 5.41) is 4.50. The molecule has 0 aromatic carbocycles. The van der Waals surface area contributed by atoms with Crippen LogP contribution in [0.5, 0.6) is 5.75 Å². The van der Waals surface area contributed by atoms with Crippen LogP contribution in [0, 0.1) is 5.82 Å². The quantitative estimate of drug-likeness (QED) is 0.515. The van der Waals surface area contributed by atoms with Gasteiger partial charge in [-0.15, -0.1) is 13.2 Å². The van der Waals surface area contributed by atoms with Gasteiger partial charge in [0.25, 0.3) is 0 Å². The topological polar surface area (TPSA) is 71.3 Å². The standard InChI is InChI=1S/C19H14F4N6O/c20-12-2-1-6-29-15(12)8-14(27-29)18-17-13(25-10-26-17)5-7-28(18)16-4-3-11(9-24-16)30-19(21,22)23/h1-4,6,8-10,18H,5,7H2,(H,25,26)/t18-/m1/s1. The molecule has 0 amide bonds. The molecule has 7 nitrogen and oxygen atoms in total. The van der Waals surface area contributed by atoms with Crippen molar-refractivity contribution < 1.29 is 22.3 Å². The number of fused-ring (bicyclic) bond motifs is 2. The monoisotopic (exact) mass is 418 g/mol. The van der Waals surface area contributed by atoms with Gasteiger partial charge in [-0.1, -0.05) is 0 Å². The molecule has 0 fully saturated rings. The molecule has 4 aromatic rings. The predicted octanol–water partition coefficient (Wildman–Crippen LogP) is 3.64. The van der Waals surface area contributed by atoms with E-state index in [4.69, 9.17) is 0 Å². The van der Waals surface area contributed by atoms with Gasteiger partial charge in [0.2, 0.25) is 0 Å². The Morgan fingerprint density at radius 2 is 2.03 bits per heavy atom. The van der Waals surface area contributed by atoms with Crippen LogP contribution in [0.2, 0.25) is 0 Å². The Morgan fingerprint density at radius 1 is 1.17 bits per heavy atom. The second kappa shape index (κ2) is 6.71. The van der Waals surface area contributed by atoms with Crippen LogP contribution < -0.4 is 9.64 Å². The molecule has 0 radical (unpaired) electrons. The third-order valence-corrected chi connectivity index (χ3v) is 4.92. The highest BCUT2D eigenvalue weighted by molar-refractivity contribution is 5.54. The van der Waals surface area contributed by atoms with E-state index in [1.54, 1.807) is 24.7 Å². The Kier molecular flexibility index (Phi) is 4.12. The molecule has 0 unspecified atom stereocenters. The molecule has 1 aliphatic rings. The number of imidazole rings is 1. The summed E-state index contributed by atoms with van der Waals surface area (Å²) < 4.78 is 56.8. The van der Waals surface area contributed by atoms with Crippen LogP contribution in [0.4, 0.5) is 23.4 Å². The summed E-state index contributed by atoms with van der Waals surface area (Å²) in [5.41, 5.74) is 2.50. The number of anilines is 1. The first-order chi connectivity index (χ1) is 14.4. The van der Waals surface area contributed by atoms with E-state index in [0.29, 0.717) is 35.7 Å². The van der Waals surface area contributed by atoms with Gasteiger partial charge in [0.1, 0.15) is 28.9 Å². The maximum atomic E-state index is 14.2. The maximum Gasteiger partial charge on any atom is 0.573 e. The molecule has 0 aliphatic carbocycles. The number of nitrogens with one attached hydrogen (secondary N) is 1. The van der Waals surface area contributed by atoms with Gasteiger partial charge in [0.05, 0.1) is 23.9 Å². The van der Waals surface area contributed by atoms with Gasteiger partial charge in [-0.2, -0.15) is 5.10 Å². The molecule has 0 bridgehead atoms. The van der Waals surface area contributed by atoms with E-state index in [0.717, 1.165) is 11.9 Å². The van der Waals surface area contributed by atoms with Crippen molar-refractivity contribution >= 4 is 11.3 Å². The zero-order valence-corrected chi connectivity index (χ0v) is 15.3. The number of halogens is 4. The Balaban J connectivity index is 1.56. The molecule has 0 spiro atoms. The van der Waals surface area contributed by atoms with Crippen LogP contribution in [0.1, 0.15) is 23.1 Å². The van der Waals surface area contributed by atoms with Crippen molar-refractivity contribution in [1.82, 2.24) is 24.6 Å². The van der Waals surface area contributed by atoms with Gasteiger partial charge in [-0.05, 0) is 30.3 Å². The molecule has 11 heteroatoms. The molecule has 0 saturated heterocycles. The highest BCUT2D eigenvalue weighted by Crippen LogP contribution is 2.36. The molecule has 1 aliphatic heterocycles. The molecule has 0 saturated carbocycles. The van der Waals surface area contributed by atoms with Crippen LogP contribution in [0.25, 0.3) is 5.52 Å². The first-order valence-corrected chi connectivity index (χ1v) is 9.03. The summed E-state index contributed by atoms with van der Waals surface area (Å²) in [6.45, 7) is 0.517. The largest absolute Gasteiger partial charge is 0.573 e. The number of pyridine rings is 2. The van der Waals surface area contributed by atoms with Crippen molar-refractivity contribution in [3.8, 4) is 5.75 Å². The summed E-state index contributed by atoms with van der Waals surface area (Å²) in [5.74, 6) is -0.386. The van der Waals surface area contributed by atoms with E-state index in [1.165, 1.54) is 22.7 Å². The minimum absolute atomic E-state index is 0.317. The van der Waals surface area contributed by atoms with Crippen molar-refractivity contribution in [2.75, 3.05) is 11.4 Å². The van der Waals surface area contributed by atoms with Crippen LogP contribution in [0.3, 0.4) is 0 Å². The number of ether oxygens (including phenoxy) is 1. The van der Waals surface area contributed by atoms with Gasteiger partial charge >= 0.3 is 6.36 Å². The maximum absolute atomic E-state index is 14.2. The molecule has 1 atom stereocenters. The van der Waals surface area contributed by atoms with Crippen LogP contribution in [-0.2, 0) is 6.42 Å². The highest BCUT2D eigenvalue weighted by atomic mass is 19.4. The fraction of sp³-hybridized carbons (Fsp3) is 0.211. The van der Waals surface area contributed by atoms with Gasteiger partial charge in [0, 0.05) is 24.9 Å². The molecule has 5 rings (SSSR count). The lowest BCUT2D eigenvalue weighted by atomic mass is 9.99. The molecule has 1 N–H and O–H groups in total. The third-order valence-electron chi connectivity index (χ3n) is 4.92. The number of aromatic amines is 1. The van der Waals surface area contributed by atoms with Crippen LogP contribution in [0.15, 0.2) is 49.1 Å². The normalized spacial score (nSPS) is 16.7. The number of aromatic nitrogens is 5.